The first-order chi connectivity index (χ1) is 7.56. The fourth-order valence-electron chi connectivity index (χ4n) is 0.807. The van der Waals surface area contributed by atoms with Gasteiger partial charge in [0.05, 0.1) is 10.8 Å². The highest BCUT2D eigenvalue weighted by Crippen LogP contribution is 2.25. The molecule has 0 N–H and O–H groups in total. The van der Waals surface area contributed by atoms with Gasteiger partial charge < -0.3 is 8.37 Å². The molecular weight excluding hydrogens is 272 g/mol. The highest BCUT2D eigenvalue weighted by Gasteiger charge is 2.26. The van der Waals surface area contributed by atoms with Crippen molar-refractivity contribution in [2.24, 2.45) is 0 Å². The van der Waals surface area contributed by atoms with Crippen molar-refractivity contribution >= 4 is 33.0 Å². The molecule has 8 heteroatoms. The minimum Gasteiger partial charge on any atom is -0.366 e. The maximum Gasteiger partial charge on any atom is 0.418 e. The molecule has 2 atom stereocenters. The molecule has 5 nitrogen and oxygen atoms in total. The van der Waals surface area contributed by atoms with Crippen LogP contribution in [0.3, 0.4) is 0 Å². The lowest BCUT2D eigenvalue weighted by molar-refractivity contribution is 0.456. The third-order valence-electron chi connectivity index (χ3n) is 1.60. The van der Waals surface area contributed by atoms with Crippen molar-refractivity contribution < 1.29 is 21.0 Å². The summed E-state index contributed by atoms with van der Waals surface area (Å²) < 4.78 is 43.1. The second-order valence-corrected chi connectivity index (χ2v) is 6.56. The Morgan fingerprint density at radius 1 is 1.06 bits per heavy atom. The molecule has 1 saturated heterocycles. The first-order valence-electron chi connectivity index (χ1n) is 4.53. The normalized spacial score (nSPS) is 28.8. The van der Waals surface area contributed by atoms with E-state index >= 15 is 0 Å². The Hall–Kier alpha value is -0.470. The summed E-state index contributed by atoms with van der Waals surface area (Å²) in [5.41, 5.74) is 0. The third kappa shape index (κ3) is 3.84. The Balaban J connectivity index is 2.94. The van der Waals surface area contributed by atoms with Crippen LogP contribution in [0.5, 0.6) is 0 Å². The quantitative estimate of drug-likeness (QED) is 0.765. The van der Waals surface area contributed by atoms with Gasteiger partial charge in [-0.2, -0.15) is 4.21 Å². The van der Waals surface area contributed by atoms with Crippen LogP contribution in [0.25, 0.3) is 0 Å². The van der Waals surface area contributed by atoms with Crippen LogP contribution in [0.2, 0.25) is 0 Å². The molecule has 0 aliphatic carbocycles. The topological polar surface area (TPSA) is 69.7 Å². The van der Waals surface area contributed by atoms with E-state index in [1.54, 1.807) is 13.8 Å². The Bertz CT molecular complexity index is 362. The van der Waals surface area contributed by atoms with Crippen molar-refractivity contribution in [3.8, 4) is 0 Å². The molecule has 1 aliphatic rings. The second kappa shape index (κ2) is 6.31. The summed E-state index contributed by atoms with van der Waals surface area (Å²) in [5, 5.41) is 2.62. The summed E-state index contributed by atoms with van der Waals surface area (Å²) in [6.07, 6.45) is 0. The average Bonchev–Trinajstić information content (AvgIpc) is 2.58. The van der Waals surface area contributed by atoms with Crippen molar-refractivity contribution in [3.05, 3.63) is 22.3 Å². The molecule has 1 rings (SSSR count). The molecule has 1 aliphatic heterocycles. The van der Waals surface area contributed by atoms with Gasteiger partial charge in [0.2, 0.25) is 0 Å². The van der Waals surface area contributed by atoms with Crippen molar-refractivity contribution in [1.29, 1.82) is 0 Å². The van der Waals surface area contributed by atoms with Crippen LogP contribution in [0, 0.1) is 0 Å². The lowest BCUT2D eigenvalue weighted by atomic mass is 10.5. The molecule has 0 spiro atoms. The maximum atomic E-state index is 11.3. The van der Waals surface area contributed by atoms with E-state index < -0.39 is 33.0 Å². The molecule has 1 fully saturated rings. The van der Waals surface area contributed by atoms with E-state index in [9.17, 15) is 12.6 Å². The van der Waals surface area contributed by atoms with Crippen LogP contribution in [-0.4, -0.2) is 24.1 Å². The van der Waals surface area contributed by atoms with E-state index in [2.05, 4.69) is 0 Å². The van der Waals surface area contributed by atoms with Crippen LogP contribution >= 0.6 is 0 Å². The molecule has 1 heterocycles. The number of rotatable bonds is 4. The van der Waals surface area contributed by atoms with Crippen molar-refractivity contribution in [2.45, 2.75) is 13.8 Å². The Morgan fingerprint density at radius 2 is 1.44 bits per heavy atom. The molecule has 16 heavy (non-hydrogen) atoms. The molecule has 0 bridgehead atoms. The zero-order chi connectivity index (χ0) is 12.1. The molecule has 0 saturated carbocycles. The van der Waals surface area contributed by atoms with Gasteiger partial charge in [0.15, 0.2) is 11.5 Å². The average molecular weight is 284 g/mol. The Kier molecular flexibility index (Phi) is 5.36. The van der Waals surface area contributed by atoms with Crippen LogP contribution < -0.4 is 0 Å². The molecule has 0 radical (unpaired) electrons. The largest absolute Gasteiger partial charge is 0.418 e. The molecule has 0 aromatic rings. The zero-order valence-corrected chi connectivity index (χ0v) is 11.3. The van der Waals surface area contributed by atoms with Gasteiger partial charge in [-0.15, -0.1) is 0 Å². The minimum absolute atomic E-state index is 0.125. The molecule has 0 aromatic carbocycles. The lowest BCUT2D eigenvalue weighted by Gasteiger charge is -1.94. The smallest absolute Gasteiger partial charge is 0.366 e. The SMILES string of the molecule is CCS(=O)C=C1OS(=O)OC1=CS(=O)CC. The summed E-state index contributed by atoms with van der Waals surface area (Å²) in [5.74, 6) is 1.09. The second-order valence-electron chi connectivity index (χ2n) is 2.67. The van der Waals surface area contributed by atoms with Crippen LogP contribution in [0.1, 0.15) is 13.8 Å². The number of hydrogen-bond acceptors (Lipinski definition) is 5. The minimum atomic E-state index is -1.93. The third-order valence-corrected chi connectivity index (χ3v) is 4.33. The van der Waals surface area contributed by atoms with Gasteiger partial charge >= 0.3 is 11.4 Å². The van der Waals surface area contributed by atoms with Crippen LogP contribution in [-0.2, 0) is 41.3 Å². The molecule has 0 amide bonds. The predicted octanol–water partition coefficient (Wildman–Crippen LogP) is 0.832. The van der Waals surface area contributed by atoms with Crippen molar-refractivity contribution in [3.63, 3.8) is 0 Å². The lowest BCUT2D eigenvalue weighted by Crippen LogP contribution is -1.94. The standard InChI is InChI=1S/C8H12O5S3/c1-3-14(9)5-7-8(6-15(10)4-2)13-16(11)12-7/h5-6H,3-4H2,1-2H3. The number of hydrogen-bond donors (Lipinski definition) is 0. The first-order valence-corrected chi connectivity index (χ1v) is 8.30. The van der Waals surface area contributed by atoms with Gasteiger partial charge in [0, 0.05) is 33.1 Å². The van der Waals surface area contributed by atoms with E-state index in [4.69, 9.17) is 8.37 Å². The summed E-state index contributed by atoms with van der Waals surface area (Å²) in [7, 11) is -2.42. The van der Waals surface area contributed by atoms with E-state index in [-0.39, 0.29) is 11.5 Å². The zero-order valence-electron chi connectivity index (χ0n) is 8.83. The van der Waals surface area contributed by atoms with Crippen molar-refractivity contribution in [1.82, 2.24) is 0 Å². The fraction of sp³-hybridized carbons (Fsp3) is 0.500. The molecular formula is C8H12O5S3. The van der Waals surface area contributed by atoms with Gasteiger partial charge in [-0.3, -0.25) is 8.42 Å². The highest BCUT2D eigenvalue weighted by atomic mass is 32.2. The first kappa shape index (κ1) is 13.6. The van der Waals surface area contributed by atoms with Gasteiger partial charge in [-0.25, -0.2) is 0 Å². The summed E-state index contributed by atoms with van der Waals surface area (Å²) in [4.78, 5) is 0. The van der Waals surface area contributed by atoms with Gasteiger partial charge in [0.1, 0.15) is 0 Å². The van der Waals surface area contributed by atoms with Crippen molar-refractivity contribution in [2.75, 3.05) is 11.5 Å². The van der Waals surface area contributed by atoms with E-state index in [1.165, 1.54) is 10.8 Å². The fourth-order valence-corrected chi connectivity index (χ4v) is 2.66. The van der Waals surface area contributed by atoms with E-state index in [0.717, 1.165) is 0 Å². The van der Waals surface area contributed by atoms with Gasteiger partial charge in [0.25, 0.3) is 0 Å². The predicted molar refractivity (Wildman–Crippen MR) is 63.8 cm³/mol. The molecule has 92 valence electrons. The maximum absolute atomic E-state index is 11.3. The van der Waals surface area contributed by atoms with Crippen LogP contribution in [0.4, 0.5) is 0 Å². The Morgan fingerprint density at radius 3 is 1.75 bits per heavy atom. The van der Waals surface area contributed by atoms with Crippen LogP contribution in [0.15, 0.2) is 22.3 Å². The van der Waals surface area contributed by atoms with Gasteiger partial charge in [-0.05, 0) is 0 Å². The Labute approximate surface area is 102 Å². The van der Waals surface area contributed by atoms with E-state index in [1.807, 2.05) is 0 Å². The molecule has 0 aromatic heterocycles. The molecule has 2 unspecified atom stereocenters. The monoisotopic (exact) mass is 284 g/mol. The van der Waals surface area contributed by atoms with E-state index in [0.29, 0.717) is 11.5 Å². The summed E-state index contributed by atoms with van der Waals surface area (Å²) in [6.45, 7) is 3.49. The van der Waals surface area contributed by atoms with Gasteiger partial charge in [-0.1, -0.05) is 13.8 Å². The highest BCUT2D eigenvalue weighted by molar-refractivity contribution is 7.88. The summed E-state index contributed by atoms with van der Waals surface area (Å²) in [6, 6.07) is 0. The summed E-state index contributed by atoms with van der Waals surface area (Å²) >= 11 is -1.93.